The fourth-order valence-corrected chi connectivity index (χ4v) is 2.44. The third-order valence-corrected chi connectivity index (χ3v) is 3.64. The molecule has 0 radical (unpaired) electrons. The van der Waals surface area contributed by atoms with Gasteiger partial charge in [-0.05, 0) is 31.5 Å². The summed E-state index contributed by atoms with van der Waals surface area (Å²) in [4.78, 5) is 14.1. The number of hydrogen-bond acceptors (Lipinski definition) is 2. The van der Waals surface area contributed by atoms with E-state index in [0.717, 1.165) is 23.0 Å². The van der Waals surface area contributed by atoms with Gasteiger partial charge in [-0.1, -0.05) is 22.0 Å². The summed E-state index contributed by atoms with van der Waals surface area (Å²) in [5, 5.41) is 0. The lowest BCUT2D eigenvalue weighted by Crippen LogP contribution is -2.40. The number of carbonyl (C=O) groups excluding carboxylic acids is 1. The predicted octanol–water partition coefficient (Wildman–Crippen LogP) is 2.01. The highest BCUT2D eigenvalue weighted by Gasteiger charge is 2.31. The molecule has 1 aliphatic rings. The number of likely N-dealkylation sites (tertiary alicyclic amines) is 1. The van der Waals surface area contributed by atoms with Crippen molar-refractivity contribution in [3.8, 4) is 0 Å². The Morgan fingerprint density at radius 2 is 2.31 bits per heavy atom. The second-order valence-corrected chi connectivity index (χ2v) is 5.12. The molecule has 1 heterocycles. The molecule has 2 unspecified atom stereocenters. The van der Waals surface area contributed by atoms with Gasteiger partial charge in [-0.3, -0.25) is 4.79 Å². The molecule has 0 saturated carbocycles. The summed E-state index contributed by atoms with van der Waals surface area (Å²) in [5.74, 6) is 0.0711. The van der Waals surface area contributed by atoms with E-state index in [1.165, 1.54) is 0 Å². The number of nitrogens with two attached hydrogens (primary N) is 1. The molecule has 1 amide bonds. The zero-order valence-electron chi connectivity index (χ0n) is 9.19. The molecule has 16 heavy (non-hydrogen) atoms. The topological polar surface area (TPSA) is 46.3 Å². The quantitative estimate of drug-likeness (QED) is 0.857. The Morgan fingerprint density at radius 1 is 1.56 bits per heavy atom. The minimum Gasteiger partial charge on any atom is -0.334 e. The molecule has 2 N–H and O–H groups in total. The van der Waals surface area contributed by atoms with Crippen LogP contribution in [-0.4, -0.2) is 29.4 Å². The molecule has 1 aromatic carbocycles. The van der Waals surface area contributed by atoms with Crippen LogP contribution in [-0.2, 0) is 0 Å². The van der Waals surface area contributed by atoms with E-state index in [1.54, 1.807) is 0 Å². The van der Waals surface area contributed by atoms with Crippen molar-refractivity contribution in [2.24, 2.45) is 5.73 Å². The largest absolute Gasteiger partial charge is 0.334 e. The second kappa shape index (κ2) is 4.55. The van der Waals surface area contributed by atoms with Gasteiger partial charge in [0.05, 0.1) is 0 Å². The number of benzene rings is 1. The van der Waals surface area contributed by atoms with Gasteiger partial charge in [0, 0.05) is 28.7 Å². The van der Waals surface area contributed by atoms with Gasteiger partial charge in [0.2, 0.25) is 0 Å². The predicted molar refractivity (Wildman–Crippen MR) is 67.2 cm³/mol. The number of halogens is 1. The highest BCUT2D eigenvalue weighted by molar-refractivity contribution is 9.10. The van der Waals surface area contributed by atoms with E-state index in [9.17, 15) is 4.79 Å². The summed E-state index contributed by atoms with van der Waals surface area (Å²) in [5.41, 5.74) is 6.63. The molecule has 1 saturated heterocycles. The summed E-state index contributed by atoms with van der Waals surface area (Å²) in [6.07, 6.45) is 0.890. The maximum atomic E-state index is 12.2. The van der Waals surface area contributed by atoms with E-state index in [4.69, 9.17) is 5.73 Å². The average Bonchev–Trinajstić information content (AvgIpc) is 2.59. The first-order valence-corrected chi connectivity index (χ1v) is 6.21. The lowest BCUT2D eigenvalue weighted by atomic mass is 10.1. The van der Waals surface area contributed by atoms with Crippen LogP contribution in [0, 0.1) is 0 Å². The Kier molecular flexibility index (Phi) is 3.30. The zero-order valence-corrected chi connectivity index (χ0v) is 10.8. The first kappa shape index (κ1) is 11.6. The van der Waals surface area contributed by atoms with E-state index >= 15 is 0 Å². The number of nitrogens with zero attached hydrogens (tertiary/aromatic N) is 1. The second-order valence-electron chi connectivity index (χ2n) is 4.20. The molecule has 4 heteroatoms. The van der Waals surface area contributed by atoms with E-state index in [-0.39, 0.29) is 18.0 Å². The molecule has 86 valence electrons. The highest BCUT2D eigenvalue weighted by atomic mass is 79.9. The van der Waals surface area contributed by atoms with Crippen LogP contribution in [0.5, 0.6) is 0 Å². The van der Waals surface area contributed by atoms with Gasteiger partial charge in [0.15, 0.2) is 0 Å². The van der Waals surface area contributed by atoms with Gasteiger partial charge in [0.25, 0.3) is 5.91 Å². The molecular formula is C12H15BrN2O. The number of carbonyl (C=O) groups is 1. The zero-order chi connectivity index (χ0) is 11.7. The van der Waals surface area contributed by atoms with Crippen molar-refractivity contribution in [3.63, 3.8) is 0 Å². The SMILES string of the molecule is CC1C(N)CCN1C(=O)c1cccc(Br)c1. The van der Waals surface area contributed by atoms with Crippen LogP contribution in [0.4, 0.5) is 0 Å². The smallest absolute Gasteiger partial charge is 0.254 e. The standard InChI is InChI=1S/C12H15BrN2O/c1-8-11(14)5-6-15(8)12(16)9-3-2-4-10(13)7-9/h2-4,7-8,11H,5-6,14H2,1H3. The molecule has 2 atom stereocenters. The third kappa shape index (κ3) is 2.13. The summed E-state index contributed by atoms with van der Waals surface area (Å²) < 4.78 is 0.925. The van der Waals surface area contributed by atoms with Gasteiger partial charge in [0.1, 0.15) is 0 Å². The maximum absolute atomic E-state index is 12.2. The van der Waals surface area contributed by atoms with Crippen molar-refractivity contribution < 1.29 is 4.79 Å². The normalized spacial score (nSPS) is 24.8. The Morgan fingerprint density at radius 3 is 2.88 bits per heavy atom. The molecule has 0 spiro atoms. The molecule has 0 aromatic heterocycles. The molecular weight excluding hydrogens is 268 g/mol. The molecule has 3 nitrogen and oxygen atoms in total. The Balaban J connectivity index is 2.20. The van der Waals surface area contributed by atoms with E-state index < -0.39 is 0 Å². The number of rotatable bonds is 1. The van der Waals surface area contributed by atoms with Crippen LogP contribution < -0.4 is 5.73 Å². The van der Waals surface area contributed by atoms with E-state index in [1.807, 2.05) is 36.1 Å². The van der Waals surface area contributed by atoms with Gasteiger partial charge < -0.3 is 10.6 Å². The first-order chi connectivity index (χ1) is 7.59. The molecule has 1 aliphatic heterocycles. The molecule has 2 rings (SSSR count). The molecule has 1 aromatic rings. The number of amides is 1. The van der Waals surface area contributed by atoms with E-state index in [0.29, 0.717) is 0 Å². The molecule has 1 fully saturated rings. The summed E-state index contributed by atoms with van der Waals surface area (Å²) in [6, 6.07) is 7.71. The van der Waals surface area contributed by atoms with Crippen molar-refractivity contribution in [3.05, 3.63) is 34.3 Å². The average molecular weight is 283 g/mol. The lowest BCUT2D eigenvalue weighted by molar-refractivity contribution is 0.0742. The summed E-state index contributed by atoms with van der Waals surface area (Å²) >= 11 is 3.37. The van der Waals surface area contributed by atoms with Gasteiger partial charge in [-0.25, -0.2) is 0 Å². The van der Waals surface area contributed by atoms with Crippen molar-refractivity contribution in [2.45, 2.75) is 25.4 Å². The molecule has 0 aliphatic carbocycles. The van der Waals surface area contributed by atoms with Crippen molar-refractivity contribution in [1.82, 2.24) is 4.90 Å². The van der Waals surface area contributed by atoms with Crippen molar-refractivity contribution >= 4 is 21.8 Å². The van der Waals surface area contributed by atoms with Gasteiger partial charge >= 0.3 is 0 Å². The van der Waals surface area contributed by atoms with Crippen LogP contribution in [0.3, 0.4) is 0 Å². The summed E-state index contributed by atoms with van der Waals surface area (Å²) in [7, 11) is 0. The van der Waals surface area contributed by atoms with Crippen LogP contribution in [0.1, 0.15) is 23.7 Å². The van der Waals surface area contributed by atoms with E-state index in [2.05, 4.69) is 15.9 Å². The maximum Gasteiger partial charge on any atom is 0.254 e. The monoisotopic (exact) mass is 282 g/mol. The molecule has 0 bridgehead atoms. The third-order valence-electron chi connectivity index (χ3n) is 3.15. The Hall–Kier alpha value is -0.870. The van der Waals surface area contributed by atoms with Gasteiger partial charge in [-0.15, -0.1) is 0 Å². The Bertz CT molecular complexity index is 408. The van der Waals surface area contributed by atoms with Crippen molar-refractivity contribution in [1.29, 1.82) is 0 Å². The van der Waals surface area contributed by atoms with Crippen LogP contribution in [0.2, 0.25) is 0 Å². The minimum absolute atomic E-state index is 0.0711. The fraction of sp³-hybridized carbons (Fsp3) is 0.417. The minimum atomic E-state index is 0.0711. The Labute approximate surface area is 104 Å². The highest BCUT2D eigenvalue weighted by Crippen LogP contribution is 2.20. The number of hydrogen-bond donors (Lipinski definition) is 1. The van der Waals surface area contributed by atoms with Crippen LogP contribution in [0.25, 0.3) is 0 Å². The summed E-state index contributed by atoms with van der Waals surface area (Å²) in [6.45, 7) is 2.77. The lowest BCUT2D eigenvalue weighted by Gasteiger charge is -2.23. The van der Waals surface area contributed by atoms with Crippen molar-refractivity contribution in [2.75, 3.05) is 6.54 Å². The van der Waals surface area contributed by atoms with Gasteiger partial charge in [-0.2, -0.15) is 0 Å². The fourth-order valence-electron chi connectivity index (χ4n) is 2.04. The van der Waals surface area contributed by atoms with Crippen LogP contribution >= 0.6 is 15.9 Å². The first-order valence-electron chi connectivity index (χ1n) is 5.41. The van der Waals surface area contributed by atoms with Crippen LogP contribution in [0.15, 0.2) is 28.7 Å².